The van der Waals surface area contributed by atoms with Gasteiger partial charge in [0, 0.05) is 6.61 Å². The Morgan fingerprint density at radius 3 is 2.39 bits per heavy atom. The van der Waals surface area contributed by atoms with Gasteiger partial charge >= 0.3 is 0 Å². The van der Waals surface area contributed by atoms with Crippen molar-refractivity contribution in [2.24, 2.45) is 0 Å². The van der Waals surface area contributed by atoms with E-state index in [0.29, 0.717) is 23.6 Å². The molecular formula is C14H12N2O2. The first-order valence-corrected chi connectivity index (χ1v) is 5.55. The summed E-state index contributed by atoms with van der Waals surface area (Å²) in [5.74, 6) is 1.28. The lowest BCUT2D eigenvalue weighted by Gasteiger charge is -2.06. The van der Waals surface area contributed by atoms with Gasteiger partial charge in [0.1, 0.15) is 23.3 Å². The van der Waals surface area contributed by atoms with Crippen molar-refractivity contribution in [3.63, 3.8) is 0 Å². The van der Waals surface area contributed by atoms with Crippen molar-refractivity contribution in [2.75, 3.05) is 6.61 Å². The molecular weight excluding hydrogens is 228 g/mol. The molecule has 0 saturated heterocycles. The van der Waals surface area contributed by atoms with Gasteiger partial charge in [0.2, 0.25) is 0 Å². The van der Waals surface area contributed by atoms with Gasteiger partial charge in [0.15, 0.2) is 0 Å². The number of nitrogens with zero attached hydrogens (tertiary/aromatic N) is 2. The molecule has 4 nitrogen and oxygen atoms in total. The highest BCUT2D eigenvalue weighted by molar-refractivity contribution is 5.33. The number of aliphatic hydroxyl groups is 1. The number of pyridine rings is 1. The van der Waals surface area contributed by atoms with Crippen LogP contribution in [0, 0.1) is 11.3 Å². The van der Waals surface area contributed by atoms with Crippen LogP contribution in [-0.2, 0) is 6.42 Å². The standard InChI is InChI=1S/C14H12N2O2/c15-9-12-3-6-14(10-16-12)18-13-4-1-11(2-5-13)7-8-17/h1-6,10,17H,7-8H2. The summed E-state index contributed by atoms with van der Waals surface area (Å²) in [6, 6.07) is 12.7. The Morgan fingerprint density at radius 2 is 1.83 bits per heavy atom. The Balaban J connectivity index is 2.06. The maximum absolute atomic E-state index is 8.81. The molecule has 0 amide bonds. The average Bonchev–Trinajstić information content (AvgIpc) is 2.42. The van der Waals surface area contributed by atoms with Crippen molar-refractivity contribution in [3.8, 4) is 17.6 Å². The van der Waals surface area contributed by atoms with Crippen LogP contribution < -0.4 is 4.74 Å². The zero-order chi connectivity index (χ0) is 12.8. The van der Waals surface area contributed by atoms with Crippen molar-refractivity contribution in [1.29, 1.82) is 5.26 Å². The van der Waals surface area contributed by atoms with Gasteiger partial charge in [-0.05, 0) is 36.2 Å². The summed E-state index contributed by atoms with van der Waals surface area (Å²) in [6.45, 7) is 0.139. The van der Waals surface area contributed by atoms with Crippen molar-refractivity contribution in [1.82, 2.24) is 4.98 Å². The molecule has 1 N–H and O–H groups in total. The molecule has 0 aliphatic carbocycles. The van der Waals surface area contributed by atoms with E-state index in [1.807, 2.05) is 30.3 Å². The van der Waals surface area contributed by atoms with Gasteiger partial charge < -0.3 is 9.84 Å². The van der Waals surface area contributed by atoms with Crippen LogP contribution in [0.25, 0.3) is 0 Å². The van der Waals surface area contributed by atoms with Gasteiger partial charge in [-0.15, -0.1) is 0 Å². The molecule has 2 rings (SSSR count). The lowest BCUT2D eigenvalue weighted by molar-refractivity contribution is 0.299. The summed E-state index contributed by atoms with van der Waals surface area (Å²) in [4.78, 5) is 3.92. The van der Waals surface area contributed by atoms with Gasteiger partial charge in [-0.2, -0.15) is 5.26 Å². The van der Waals surface area contributed by atoms with E-state index in [-0.39, 0.29) is 6.61 Å². The number of hydrogen-bond donors (Lipinski definition) is 1. The number of ether oxygens (including phenoxy) is 1. The number of rotatable bonds is 4. The monoisotopic (exact) mass is 240 g/mol. The summed E-state index contributed by atoms with van der Waals surface area (Å²) in [5, 5.41) is 17.4. The van der Waals surface area contributed by atoms with Gasteiger partial charge in [-0.25, -0.2) is 4.98 Å². The second kappa shape index (κ2) is 5.80. The van der Waals surface area contributed by atoms with E-state index < -0.39 is 0 Å². The topological polar surface area (TPSA) is 66.1 Å². The minimum Gasteiger partial charge on any atom is -0.456 e. The smallest absolute Gasteiger partial charge is 0.145 e. The fourth-order valence-corrected chi connectivity index (χ4v) is 1.50. The van der Waals surface area contributed by atoms with Crippen LogP contribution in [0.15, 0.2) is 42.6 Å². The maximum atomic E-state index is 8.81. The van der Waals surface area contributed by atoms with Crippen LogP contribution in [0.3, 0.4) is 0 Å². The third kappa shape index (κ3) is 3.06. The molecule has 1 aromatic heterocycles. The molecule has 2 aromatic rings. The maximum Gasteiger partial charge on any atom is 0.145 e. The van der Waals surface area contributed by atoms with Gasteiger partial charge in [-0.3, -0.25) is 0 Å². The third-order valence-corrected chi connectivity index (χ3v) is 2.41. The first-order chi connectivity index (χ1) is 8.81. The summed E-state index contributed by atoms with van der Waals surface area (Å²) >= 11 is 0. The highest BCUT2D eigenvalue weighted by Crippen LogP contribution is 2.21. The van der Waals surface area contributed by atoms with Crippen LogP contribution in [0.2, 0.25) is 0 Å². The van der Waals surface area contributed by atoms with Crippen molar-refractivity contribution < 1.29 is 9.84 Å². The van der Waals surface area contributed by atoms with Crippen LogP contribution in [-0.4, -0.2) is 16.7 Å². The van der Waals surface area contributed by atoms with Crippen LogP contribution in [0.1, 0.15) is 11.3 Å². The number of aromatic nitrogens is 1. The first kappa shape index (κ1) is 12.1. The lowest BCUT2D eigenvalue weighted by atomic mass is 10.1. The quantitative estimate of drug-likeness (QED) is 0.890. The number of benzene rings is 1. The molecule has 18 heavy (non-hydrogen) atoms. The minimum absolute atomic E-state index is 0.139. The Kier molecular flexibility index (Phi) is 3.90. The predicted molar refractivity (Wildman–Crippen MR) is 66.3 cm³/mol. The van der Waals surface area contributed by atoms with Crippen molar-refractivity contribution >= 4 is 0 Å². The van der Waals surface area contributed by atoms with Crippen LogP contribution >= 0.6 is 0 Å². The first-order valence-electron chi connectivity index (χ1n) is 5.55. The Morgan fingerprint density at radius 1 is 1.11 bits per heavy atom. The van der Waals surface area contributed by atoms with E-state index >= 15 is 0 Å². The molecule has 0 spiro atoms. The SMILES string of the molecule is N#Cc1ccc(Oc2ccc(CCO)cc2)cn1. The second-order valence-corrected chi connectivity index (χ2v) is 3.71. The molecule has 1 heterocycles. The fraction of sp³-hybridized carbons (Fsp3) is 0.143. The van der Waals surface area contributed by atoms with Gasteiger partial charge in [-0.1, -0.05) is 12.1 Å². The minimum atomic E-state index is 0.139. The van der Waals surface area contributed by atoms with Crippen LogP contribution in [0.4, 0.5) is 0 Å². The molecule has 1 aromatic carbocycles. The van der Waals surface area contributed by atoms with E-state index in [1.54, 1.807) is 12.1 Å². The molecule has 90 valence electrons. The van der Waals surface area contributed by atoms with Crippen LogP contribution in [0.5, 0.6) is 11.5 Å². The molecule has 0 fully saturated rings. The summed E-state index contributed by atoms with van der Waals surface area (Å²) in [6.07, 6.45) is 2.15. The molecule has 0 radical (unpaired) electrons. The largest absolute Gasteiger partial charge is 0.456 e. The highest BCUT2D eigenvalue weighted by Gasteiger charge is 1.99. The molecule has 0 atom stereocenters. The van der Waals surface area contributed by atoms with Gasteiger partial charge in [0.25, 0.3) is 0 Å². The van der Waals surface area contributed by atoms with Crippen molar-refractivity contribution in [3.05, 3.63) is 53.9 Å². The molecule has 4 heteroatoms. The number of aliphatic hydroxyl groups excluding tert-OH is 1. The number of hydrogen-bond acceptors (Lipinski definition) is 4. The van der Waals surface area contributed by atoms with Gasteiger partial charge in [0.05, 0.1) is 6.20 Å². The zero-order valence-electron chi connectivity index (χ0n) is 9.71. The van der Waals surface area contributed by atoms with E-state index in [2.05, 4.69) is 4.98 Å². The molecule has 0 aliphatic rings. The third-order valence-electron chi connectivity index (χ3n) is 2.41. The average molecular weight is 240 g/mol. The van der Waals surface area contributed by atoms with E-state index in [0.717, 1.165) is 5.56 Å². The highest BCUT2D eigenvalue weighted by atomic mass is 16.5. The van der Waals surface area contributed by atoms with E-state index in [9.17, 15) is 0 Å². The zero-order valence-corrected chi connectivity index (χ0v) is 9.71. The summed E-state index contributed by atoms with van der Waals surface area (Å²) in [7, 11) is 0. The van der Waals surface area contributed by atoms with Crippen molar-refractivity contribution in [2.45, 2.75) is 6.42 Å². The summed E-state index contributed by atoms with van der Waals surface area (Å²) in [5.41, 5.74) is 1.42. The molecule has 0 bridgehead atoms. The molecule has 0 unspecified atom stereocenters. The fourth-order valence-electron chi connectivity index (χ4n) is 1.50. The lowest BCUT2D eigenvalue weighted by Crippen LogP contribution is -1.91. The Labute approximate surface area is 105 Å². The van der Waals surface area contributed by atoms with E-state index in [4.69, 9.17) is 15.1 Å². The summed E-state index contributed by atoms with van der Waals surface area (Å²) < 4.78 is 5.58. The van der Waals surface area contributed by atoms with E-state index in [1.165, 1.54) is 6.20 Å². The Bertz CT molecular complexity index is 542. The molecule has 0 saturated carbocycles. The molecule has 0 aliphatic heterocycles. The Hall–Kier alpha value is -2.38. The number of nitriles is 1. The normalized spacial score (nSPS) is 9.78. The second-order valence-electron chi connectivity index (χ2n) is 3.71. The predicted octanol–water partition coefficient (Wildman–Crippen LogP) is 2.28.